The number of para-hydroxylation sites is 2. The maximum Gasteiger partial charge on any atom is 0.255 e. The van der Waals surface area contributed by atoms with Crippen molar-refractivity contribution >= 4 is 22.6 Å². The zero-order valence-corrected chi connectivity index (χ0v) is 14.7. The molecule has 0 radical (unpaired) electrons. The summed E-state index contributed by atoms with van der Waals surface area (Å²) >= 11 is 0. The van der Waals surface area contributed by atoms with E-state index in [1.165, 1.54) is 0 Å². The van der Waals surface area contributed by atoms with Gasteiger partial charge >= 0.3 is 0 Å². The standard InChI is InChI=1S/C22H19N3O/c1-14-7-10-16(11-8-14)22(26)25-20-13-17(12-9-15(20)2)21-23-18-5-3-4-6-19(18)24-21/h3-13H,1-2H3,(H,23,24)(H,25,26). The lowest BCUT2D eigenvalue weighted by Gasteiger charge is -2.10. The predicted molar refractivity (Wildman–Crippen MR) is 105 cm³/mol. The molecule has 128 valence electrons. The highest BCUT2D eigenvalue weighted by Gasteiger charge is 2.11. The minimum Gasteiger partial charge on any atom is -0.338 e. The van der Waals surface area contributed by atoms with Crippen LogP contribution in [0.4, 0.5) is 5.69 Å². The molecule has 0 atom stereocenters. The molecule has 0 aliphatic carbocycles. The molecule has 4 rings (SSSR count). The topological polar surface area (TPSA) is 57.8 Å². The third-order valence-electron chi connectivity index (χ3n) is 4.46. The van der Waals surface area contributed by atoms with Crippen molar-refractivity contribution in [3.63, 3.8) is 0 Å². The summed E-state index contributed by atoms with van der Waals surface area (Å²) in [6, 6.07) is 21.4. The number of aryl methyl sites for hydroxylation is 2. The van der Waals surface area contributed by atoms with E-state index in [0.717, 1.165) is 39.2 Å². The van der Waals surface area contributed by atoms with E-state index in [-0.39, 0.29) is 5.91 Å². The van der Waals surface area contributed by atoms with Gasteiger partial charge in [-0.25, -0.2) is 4.98 Å². The van der Waals surface area contributed by atoms with Gasteiger partial charge in [0.15, 0.2) is 0 Å². The van der Waals surface area contributed by atoms with Crippen LogP contribution < -0.4 is 5.32 Å². The largest absolute Gasteiger partial charge is 0.338 e. The third-order valence-corrected chi connectivity index (χ3v) is 4.46. The lowest BCUT2D eigenvalue weighted by molar-refractivity contribution is 0.102. The molecule has 4 aromatic rings. The van der Waals surface area contributed by atoms with Gasteiger partial charge in [-0.05, 0) is 49.7 Å². The number of fused-ring (bicyclic) bond motifs is 1. The number of benzene rings is 3. The van der Waals surface area contributed by atoms with Gasteiger partial charge in [-0.3, -0.25) is 4.79 Å². The molecule has 4 heteroatoms. The number of carbonyl (C=O) groups is 1. The summed E-state index contributed by atoms with van der Waals surface area (Å²) in [5, 5.41) is 3.01. The van der Waals surface area contributed by atoms with Crippen LogP contribution in [0.15, 0.2) is 66.7 Å². The quantitative estimate of drug-likeness (QED) is 0.545. The highest BCUT2D eigenvalue weighted by Crippen LogP contribution is 2.26. The Labute approximate surface area is 151 Å². The van der Waals surface area contributed by atoms with Crippen LogP contribution in [0.1, 0.15) is 21.5 Å². The Morgan fingerprint density at radius 2 is 1.73 bits per heavy atom. The first kappa shape index (κ1) is 16.1. The summed E-state index contributed by atoms with van der Waals surface area (Å²) in [5.41, 5.74) is 6.42. The number of H-pyrrole nitrogens is 1. The second-order valence-corrected chi connectivity index (χ2v) is 6.45. The highest BCUT2D eigenvalue weighted by molar-refractivity contribution is 6.05. The van der Waals surface area contributed by atoms with E-state index in [1.54, 1.807) is 0 Å². The van der Waals surface area contributed by atoms with Crippen LogP contribution in [0.3, 0.4) is 0 Å². The molecule has 0 unspecified atom stereocenters. The summed E-state index contributed by atoms with van der Waals surface area (Å²) in [5.74, 6) is 0.673. The minimum atomic E-state index is -0.116. The van der Waals surface area contributed by atoms with Crippen molar-refractivity contribution in [3.8, 4) is 11.4 Å². The number of hydrogen-bond donors (Lipinski definition) is 2. The maximum atomic E-state index is 12.5. The van der Waals surface area contributed by atoms with Crippen LogP contribution in [0, 0.1) is 13.8 Å². The van der Waals surface area contributed by atoms with Gasteiger partial charge in [0.2, 0.25) is 0 Å². The molecule has 0 saturated heterocycles. The molecule has 0 bridgehead atoms. The van der Waals surface area contributed by atoms with Crippen molar-refractivity contribution < 1.29 is 4.79 Å². The molecule has 0 saturated carbocycles. The Morgan fingerprint density at radius 1 is 0.962 bits per heavy atom. The Bertz CT molecular complexity index is 1060. The number of carbonyl (C=O) groups excluding carboxylic acids is 1. The molecule has 3 aromatic carbocycles. The van der Waals surface area contributed by atoms with Crippen LogP contribution in [-0.4, -0.2) is 15.9 Å². The first-order valence-electron chi connectivity index (χ1n) is 8.54. The number of nitrogens with one attached hydrogen (secondary N) is 2. The summed E-state index contributed by atoms with van der Waals surface area (Å²) in [4.78, 5) is 20.5. The number of hydrogen-bond acceptors (Lipinski definition) is 2. The Balaban J connectivity index is 1.65. The molecule has 2 N–H and O–H groups in total. The van der Waals surface area contributed by atoms with Crippen LogP contribution in [0.5, 0.6) is 0 Å². The number of amides is 1. The van der Waals surface area contributed by atoms with Gasteiger partial charge in [0, 0.05) is 16.8 Å². The van der Waals surface area contributed by atoms with Gasteiger partial charge in [0.25, 0.3) is 5.91 Å². The van der Waals surface area contributed by atoms with Gasteiger partial charge in [-0.2, -0.15) is 0 Å². The summed E-state index contributed by atoms with van der Waals surface area (Å²) in [7, 11) is 0. The van der Waals surface area contributed by atoms with Gasteiger partial charge in [-0.1, -0.05) is 42.0 Å². The average molecular weight is 341 g/mol. The predicted octanol–water partition coefficient (Wildman–Crippen LogP) is 5.10. The highest BCUT2D eigenvalue weighted by atomic mass is 16.1. The third kappa shape index (κ3) is 3.09. The molecular formula is C22H19N3O. The van der Waals surface area contributed by atoms with Crippen molar-refractivity contribution in [2.75, 3.05) is 5.32 Å². The van der Waals surface area contributed by atoms with Crippen molar-refractivity contribution in [1.29, 1.82) is 0 Å². The number of anilines is 1. The molecule has 0 aliphatic heterocycles. The lowest BCUT2D eigenvalue weighted by Crippen LogP contribution is -2.12. The molecule has 4 nitrogen and oxygen atoms in total. The smallest absolute Gasteiger partial charge is 0.255 e. The van der Waals surface area contributed by atoms with Crippen LogP contribution >= 0.6 is 0 Å². The van der Waals surface area contributed by atoms with Crippen molar-refractivity contribution in [2.45, 2.75) is 13.8 Å². The first-order chi connectivity index (χ1) is 12.6. The zero-order valence-electron chi connectivity index (χ0n) is 14.7. The van der Waals surface area contributed by atoms with E-state index in [2.05, 4.69) is 15.3 Å². The van der Waals surface area contributed by atoms with Gasteiger partial charge in [-0.15, -0.1) is 0 Å². The second-order valence-electron chi connectivity index (χ2n) is 6.45. The molecule has 1 heterocycles. The Morgan fingerprint density at radius 3 is 2.50 bits per heavy atom. The van der Waals surface area contributed by atoms with Gasteiger partial charge < -0.3 is 10.3 Å². The molecule has 26 heavy (non-hydrogen) atoms. The molecule has 0 aliphatic rings. The van der Waals surface area contributed by atoms with E-state index in [9.17, 15) is 4.79 Å². The van der Waals surface area contributed by atoms with E-state index < -0.39 is 0 Å². The van der Waals surface area contributed by atoms with Crippen molar-refractivity contribution in [3.05, 3.63) is 83.4 Å². The summed E-state index contributed by atoms with van der Waals surface area (Å²) < 4.78 is 0. The zero-order chi connectivity index (χ0) is 18.1. The summed E-state index contributed by atoms with van der Waals surface area (Å²) in [6.45, 7) is 3.98. The number of aromatic amines is 1. The fourth-order valence-corrected chi connectivity index (χ4v) is 2.89. The maximum absolute atomic E-state index is 12.5. The van der Waals surface area contributed by atoms with Gasteiger partial charge in [0.05, 0.1) is 11.0 Å². The number of imidazole rings is 1. The molecular weight excluding hydrogens is 322 g/mol. The van der Waals surface area contributed by atoms with Crippen molar-refractivity contribution in [1.82, 2.24) is 9.97 Å². The van der Waals surface area contributed by atoms with Crippen LogP contribution in [0.2, 0.25) is 0 Å². The van der Waals surface area contributed by atoms with E-state index >= 15 is 0 Å². The van der Waals surface area contributed by atoms with Crippen LogP contribution in [-0.2, 0) is 0 Å². The fourth-order valence-electron chi connectivity index (χ4n) is 2.89. The number of nitrogens with zero attached hydrogens (tertiary/aromatic N) is 1. The number of aromatic nitrogens is 2. The Hall–Kier alpha value is -3.40. The second kappa shape index (κ2) is 6.48. The van der Waals surface area contributed by atoms with Gasteiger partial charge in [0.1, 0.15) is 5.82 Å². The van der Waals surface area contributed by atoms with E-state index in [1.807, 2.05) is 80.6 Å². The molecule has 0 spiro atoms. The molecule has 1 amide bonds. The minimum absolute atomic E-state index is 0.116. The average Bonchev–Trinajstić information content (AvgIpc) is 3.08. The first-order valence-corrected chi connectivity index (χ1v) is 8.54. The summed E-state index contributed by atoms with van der Waals surface area (Å²) in [6.07, 6.45) is 0. The van der Waals surface area contributed by atoms with E-state index in [4.69, 9.17) is 0 Å². The van der Waals surface area contributed by atoms with Crippen molar-refractivity contribution in [2.24, 2.45) is 0 Å². The normalized spacial score (nSPS) is 10.8. The lowest BCUT2D eigenvalue weighted by atomic mass is 10.1. The fraction of sp³-hybridized carbons (Fsp3) is 0.0909. The van der Waals surface area contributed by atoms with E-state index in [0.29, 0.717) is 5.56 Å². The molecule has 0 fully saturated rings. The number of rotatable bonds is 3. The monoisotopic (exact) mass is 341 g/mol. The SMILES string of the molecule is Cc1ccc(C(=O)Nc2cc(-c3nc4ccccc4[nH]3)ccc2C)cc1. The Kier molecular flexibility index (Phi) is 4.01. The molecule has 1 aromatic heterocycles. The van der Waals surface area contributed by atoms with Crippen LogP contribution in [0.25, 0.3) is 22.4 Å².